The number of hydrogen-bond acceptors (Lipinski definition) is 7. The number of amides is 1. The Morgan fingerprint density at radius 1 is 1.13 bits per heavy atom. The van der Waals surface area contributed by atoms with Crippen molar-refractivity contribution in [2.24, 2.45) is 0 Å². The van der Waals surface area contributed by atoms with E-state index in [1.165, 1.54) is 17.3 Å². The molecular weight excluding hydrogens is 573 g/mol. The van der Waals surface area contributed by atoms with Gasteiger partial charge in [-0.05, 0) is 61.0 Å². The Morgan fingerprint density at radius 3 is 2.74 bits per heavy atom. The molecule has 2 aromatic heterocycles. The lowest BCUT2D eigenvalue weighted by molar-refractivity contribution is -0.113. The molecular formula is C28H23Cl2N5O2S2. The van der Waals surface area contributed by atoms with E-state index in [1.807, 2.05) is 34.9 Å². The second-order valence-electron chi connectivity index (χ2n) is 8.57. The number of fused-ring (bicyclic) bond motifs is 1. The molecule has 0 spiro atoms. The van der Waals surface area contributed by atoms with E-state index in [9.17, 15) is 4.79 Å². The zero-order valence-corrected chi connectivity index (χ0v) is 24.0. The minimum atomic E-state index is -0.153. The number of allylic oxidation sites excluding steroid dienone is 1. The van der Waals surface area contributed by atoms with Crippen LogP contribution < -0.4 is 10.1 Å². The normalized spacial score (nSPS) is 11.1. The fourth-order valence-corrected chi connectivity index (χ4v) is 5.92. The number of nitrogens with one attached hydrogen (secondary N) is 1. The average molecular weight is 597 g/mol. The minimum Gasteiger partial charge on any atom is -0.484 e. The molecule has 39 heavy (non-hydrogen) atoms. The number of nitrogens with zero attached hydrogens (tertiary/aromatic N) is 4. The Hall–Kier alpha value is -3.37. The number of rotatable bonds is 10. The highest BCUT2D eigenvalue weighted by Crippen LogP contribution is 2.32. The van der Waals surface area contributed by atoms with Crippen LogP contribution in [0, 0.1) is 6.92 Å². The molecule has 0 aliphatic rings. The summed E-state index contributed by atoms with van der Waals surface area (Å²) in [5.41, 5.74) is 3.92. The van der Waals surface area contributed by atoms with E-state index in [1.54, 1.807) is 35.6 Å². The molecule has 0 fully saturated rings. The zero-order chi connectivity index (χ0) is 27.4. The summed E-state index contributed by atoms with van der Waals surface area (Å²) >= 11 is 15.2. The molecule has 11 heteroatoms. The molecule has 0 unspecified atom stereocenters. The SMILES string of the molecule is C=CCn1c(COc2cc(Cl)ccc2Cl)nnc1SCC(=O)Nc1ccc(-c2nc3ccc(C)cc3s2)cc1. The number of halogens is 2. The van der Waals surface area contributed by atoms with Crippen molar-refractivity contribution in [2.45, 2.75) is 25.2 Å². The summed E-state index contributed by atoms with van der Waals surface area (Å²) in [6.45, 7) is 6.48. The van der Waals surface area contributed by atoms with Crippen LogP contribution in [0.2, 0.25) is 10.0 Å². The maximum absolute atomic E-state index is 12.7. The number of benzene rings is 3. The molecule has 0 radical (unpaired) electrons. The smallest absolute Gasteiger partial charge is 0.234 e. The van der Waals surface area contributed by atoms with Crippen molar-refractivity contribution in [1.82, 2.24) is 19.7 Å². The highest BCUT2D eigenvalue weighted by molar-refractivity contribution is 7.99. The lowest BCUT2D eigenvalue weighted by Crippen LogP contribution is -2.15. The number of thiazole rings is 1. The van der Waals surface area contributed by atoms with Crippen LogP contribution in [-0.2, 0) is 17.9 Å². The molecule has 5 aromatic rings. The summed E-state index contributed by atoms with van der Waals surface area (Å²) in [7, 11) is 0. The van der Waals surface area contributed by atoms with Crippen molar-refractivity contribution >= 4 is 68.1 Å². The maximum atomic E-state index is 12.7. The third-order valence-electron chi connectivity index (χ3n) is 5.65. The van der Waals surface area contributed by atoms with Gasteiger partial charge in [-0.2, -0.15) is 0 Å². The third-order valence-corrected chi connectivity index (χ3v) is 8.23. The van der Waals surface area contributed by atoms with E-state index in [0.717, 1.165) is 20.8 Å². The summed E-state index contributed by atoms with van der Waals surface area (Å²) in [5, 5.41) is 13.9. The highest BCUT2D eigenvalue weighted by Gasteiger charge is 2.15. The highest BCUT2D eigenvalue weighted by atomic mass is 35.5. The van der Waals surface area contributed by atoms with E-state index >= 15 is 0 Å². The minimum absolute atomic E-state index is 0.133. The Balaban J connectivity index is 1.19. The van der Waals surface area contributed by atoms with Crippen LogP contribution in [0.15, 0.2) is 78.5 Å². The molecule has 0 atom stereocenters. The van der Waals surface area contributed by atoms with Crippen molar-refractivity contribution in [2.75, 3.05) is 11.1 Å². The van der Waals surface area contributed by atoms with Crippen LogP contribution in [0.25, 0.3) is 20.8 Å². The molecule has 5 rings (SSSR count). The van der Waals surface area contributed by atoms with Crippen molar-refractivity contribution < 1.29 is 9.53 Å². The van der Waals surface area contributed by atoms with Gasteiger partial charge in [0.25, 0.3) is 0 Å². The molecule has 0 aliphatic carbocycles. The number of carbonyl (C=O) groups excluding carboxylic acids is 1. The summed E-state index contributed by atoms with van der Waals surface area (Å²) in [5.74, 6) is 1.04. The van der Waals surface area contributed by atoms with Crippen LogP contribution in [0.5, 0.6) is 5.75 Å². The van der Waals surface area contributed by atoms with E-state index in [0.29, 0.717) is 39.0 Å². The van der Waals surface area contributed by atoms with Gasteiger partial charge >= 0.3 is 0 Å². The van der Waals surface area contributed by atoms with E-state index < -0.39 is 0 Å². The average Bonchev–Trinajstić information content (AvgIpc) is 3.52. The first kappa shape index (κ1) is 27.2. The maximum Gasteiger partial charge on any atom is 0.234 e. The first-order chi connectivity index (χ1) is 18.9. The summed E-state index contributed by atoms with van der Waals surface area (Å²) in [6, 6.07) is 18.9. The van der Waals surface area contributed by atoms with Crippen LogP contribution in [0.4, 0.5) is 5.69 Å². The summed E-state index contributed by atoms with van der Waals surface area (Å²) in [4.78, 5) is 17.4. The quantitative estimate of drug-likeness (QED) is 0.132. The topological polar surface area (TPSA) is 81.9 Å². The molecule has 0 saturated carbocycles. The van der Waals surface area contributed by atoms with Crippen LogP contribution in [0.1, 0.15) is 11.4 Å². The van der Waals surface area contributed by atoms with Gasteiger partial charge in [0.1, 0.15) is 17.4 Å². The Bertz CT molecular complexity index is 1650. The Kier molecular flexibility index (Phi) is 8.52. The second-order valence-corrected chi connectivity index (χ2v) is 11.4. The number of thioether (sulfide) groups is 1. The molecule has 0 bridgehead atoms. The Labute approximate surface area is 243 Å². The summed E-state index contributed by atoms with van der Waals surface area (Å²) < 4.78 is 8.81. The van der Waals surface area contributed by atoms with Gasteiger partial charge < -0.3 is 10.1 Å². The van der Waals surface area contributed by atoms with E-state index in [-0.39, 0.29) is 18.3 Å². The van der Waals surface area contributed by atoms with Crippen molar-refractivity contribution in [1.29, 1.82) is 0 Å². The molecule has 0 aliphatic heterocycles. The van der Waals surface area contributed by atoms with Gasteiger partial charge in [-0.1, -0.05) is 47.1 Å². The number of hydrogen-bond donors (Lipinski definition) is 1. The number of aromatic nitrogens is 4. The van der Waals surface area contributed by atoms with Crippen LogP contribution in [0.3, 0.4) is 0 Å². The number of carbonyl (C=O) groups is 1. The van der Waals surface area contributed by atoms with Crippen LogP contribution in [-0.4, -0.2) is 31.4 Å². The lowest BCUT2D eigenvalue weighted by atomic mass is 10.2. The van der Waals surface area contributed by atoms with Gasteiger partial charge in [-0.15, -0.1) is 28.1 Å². The summed E-state index contributed by atoms with van der Waals surface area (Å²) in [6.07, 6.45) is 1.73. The molecule has 7 nitrogen and oxygen atoms in total. The van der Waals surface area contributed by atoms with Gasteiger partial charge in [0.05, 0.1) is 21.0 Å². The molecule has 1 N–H and O–H groups in total. The van der Waals surface area contributed by atoms with Gasteiger partial charge in [-0.25, -0.2) is 4.98 Å². The lowest BCUT2D eigenvalue weighted by Gasteiger charge is -2.10. The number of ether oxygens (including phenoxy) is 1. The number of anilines is 1. The second kappa shape index (κ2) is 12.2. The first-order valence-corrected chi connectivity index (χ1v) is 14.5. The Morgan fingerprint density at radius 2 is 1.95 bits per heavy atom. The molecule has 198 valence electrons. The van der Waals surface area contributed by atoms with Gasteiger partial charge in [-0.3, -0.25) is 9.36 Å². The predicted octanol–water partition coefficient (Wildman–Crippen LogP) is 7.67. The number of aryl methyl sites for hydroxylation is 1. The third kappa shape index (κ3) is 6.62. The molecule has 3 aromatic carbocycles. The fourth-order valence-electron chi connectivity index (χ4n) is 3.75. The first-order valence-electron chi connectivity index (χ1n) is 11.9. The molecule has 1 amide bonds. The van der Waals surface area contributed by atoms with E-state index in [4.69, 9.17) is 32.9 Å². The van der Waals surface area contributed by atoms with Crippen molar-refractivity contribution in [3.05, 3.63) is 94.8 Å². The van der Waals surface area contributed by atoms with Crippen molar-refractivity contribution in [3.8, 4) is 16.3 Å². The predicted molar refractivity (Wildman–Crippen MR) is 160 cm³/mol. The largest absolute Gasteiger partial charge is 0.484 e. The van der Waals surface area contributed by atoms with Gasteiger partial charge in [0.2, 0.25) is 5.91 Å². The standard InChI is InChI=1S/C28H23Cl2N5O2S2/c1-3-12-35-25(15-37-23-14-19(29)7-10-21(23)30)33-34-28(35)38-16-26(36)31-20-8-5-18(6-9-20)27-32-22-11-4-17(2)13-24(22)39-27/h3-11,13-14H,1,12,15-16H2,2H3,(H,31,36). The van der Waals surface area contributed by atoms with Gasteiger partial charge in [0, 0.05) is 28.9 Å². The zero-order valence-electron chi connectivity index (χ0n) is 20.9. The molecule has 2 heterocycles. The fraction of sp³-hybridized carbons (Fsp3) is 0.143. The van der Waals surface area contributed by atoms with Crippen molar-refractivity contribution in [3.63, 3.8) is 0 Å². The van der Waals surface area contributed by atoms with Gasteiger partial charge in [0.15, 0.2) is 11.0 Å². The monoisotopic (exact) mass is 595 g/mol. The van der Waals surface area contributed by atoms with E-state index in [2.05, 4.69) is 41.1 Å². The van der Waals surface area contributed by atoms with Crippen LogP contribution >= 0.6 is 46.3 Å². The molecule has 0 saturated heterocycles.